The zero-order valence-corrected chi connectivity index (χ0v) is 11.7. The molecule has 0 saturated carbocycles. The summed E-state index contributed by atoms with van der Waals surface area (Å²) in [7, 11) is -4.38. The van der Waals surface area contributed by atoms with Gasteiger partial charge in [0, 0.05) is 10.9 Å². The van der Waals surface area contributed by atoms with E-state index in [0.29, 0.717) is 16.5 Å². The first-order valence-electron chi connectivity index (χ1n) is 6.25. The molecule has 106 valence electrons. The Bertz CT molecular complexity index is 913. The standard InChI is InChI=1S/C16H12O4S/c17-13-8-5-12(6-9-13)15-10-7-11-3-1-2-4-14(11)16(15)21(18,19)20/h1-10,17H,(H,18,19,20). The van der Waals surface area contributed by atoms with Crippen molar-refractivity contribution in [3.63, 3.8) is 0 Å². The molecular weight excluding hydrogens is 288 g/mol. The molecule has 0 amide bonds. The Hall–Kier alpha value is -2.37. The monoisotopic (exact) mass is 300 g/mol. The third kappa shape index (κ3) is 2.49. The molecule has 0 atom stereocenters. The van der Waals surface area contributed by atoms with Gasteiger partial charge >= 0.3 is 0 Å². The van der Waals surface area contributed by atoms with Crippen LogP contribution in [0.3, 0.4) is 0 Å². The first-order valence-corrected chi connectivity index (χ1v) is 7.69. The second-order valence-electron chi connectivity index (χ2n) is 4.69. The van der Waals surface area contributed by atoms with Gasteiger partial charge < -0.3 is 5.11 Å². The minimum Gasteiger partial charge on any atom is -0.508 e. The Kier molecular flexibility index (Phi) is 3.16. The summed E-state index contributed by atoms with van der Waals surface area (Å²) in [6, 6.07) is 16.6. The third-order valence-corrected chi connectivity index (χ3v) is 4.27. The molecule has 0 saturated heterocycles. The van der Waals surface area contributed by atoms with Crippen LogP contribution in [-0.4, -0.2) is 18.1 Å². The van der Waals surface area contributed by atoms with Crippen molar-refractivity contribution in [2.24, 2.45) is 0 Å². The lowest BCUT2D eigenvalue weighted by Gasteiger charge is -2.11. The molecule has 2 N–H and O–H groups in total. The molecule has 0 fully saturated rings. The van der Waals surface area contributed by atoms with Crippen molar-refractivity contribution in [3.05, 3.63) is 60.7 Å². The predicted molar refractivity (Wildman–Crippen MR) is 80.9 cm³/mol. The van der Waals surface area contributed by atoms with Crippen molar-refractivity contribution in [1.82, 2.24) is 0 Å². The molecule has 21 heavy (non-hydrogen) atoms. The maximum atomic E-state index is 11.8. The molecule has 0 aliphatic heterocycles. The molecule has 0 heterocycles. The van der Waals surface area contributed by atoms with E-state index in [1.807, 2.05) is 0 Å². The van der Waals surface area contributed by atoms with Crippen LogP contribution in [0.15, 0.2) is 65.6 Å². The van der Waals surface area contributed by atoms with Crippen LogP contribution in [0.1, 0.15) is 0 Å². The Morgan fingerprint density at radius 2 is 1.48 bits per heavy atom. The molecule has 0 radical (unpaired) electrons. The van der Waals surface area contributed by atoms with Gasteiger partial charge in [0.15, 0.2) is 0 Å². The van der Waals surface area contributed by atoms with Crippen LogP contribution in [0.2, 0.25) is 0 Å². The lowest BCUT2D eigenvalue weighted by atomic mass is 10.0. The molecule has 0 spiro atoms. The molecule has 3 aromatic rings. The van der Waals surface area contributed by atoms with Crippen LogP contribution in [0.5, 0.6) is 5.75 Å². The lowest BCUT2D eigenvalue weighted by molar-refractivity contribution is 0.475. The number of hydrogen-bond donors (Lipinski definition) is 2. The highest BCUT2D eigenvalue weighted by Gasteiger charge is 2.20. The molecule has 3 aromatic carbocycles. The molecule has 0 aromatic heterocycles. The van der Waals surface area contributed by atoms with Crippen molar-refractivity contribution in [2.75, 3.05) is 0 Å². The number of rotatable bonds is 2. The highest BCUT2D eigenvalue weighted by molar-refractivity contribution is 7.86. The second kappa shape index (κ2) is 4.87. The van der Waals surface area contributed by atoms with Gasteiger partial charge in [-0.05, 0) is 23.1 Å². The van der Waals surface area contributed by atoms with E-state index in [-0.39, 0.29) is 10.6 Å². The van der Waals surface area contributed by atoms with Gasteiger partial charge in [-0.3, -0.25) is 4.55 Å². The second-order valence-corrected chi connectivity index (χ2v) is 6.04. The van der Waals surface area contributed by atoms with E-state index in [9.17, 15) is 18.1 Å². The Morgan fingerprint density at radius 1 is 0.810 bits per heavy atom. The fourth-order valence-corrected chi connectivity index (χ4v) is 3.32. The minimum absolute atomic E-state index is 0.0907. The Labute approximate surface area is 122 Å². The number of phenolic OH excluding ortho intramolecular Hbond substituents is 1. The van der Waals surface area contributed by atoms with Gasteiger partial charge in [-0.2, -0.15) is 8.42 Å². The van der Waals surface area contributed by atoms with Crippen LogP contribution < -0.4 is 0 Å². The fraction of sp³-hybridized carbons (Fsp3) is 0. The first-order chi connectivity index (χ1) is 9.97. The van der Waals surface area contributed by atoms with E-state index in [0.717, 1.165) is 5.39 Å². The summed E-state index contributed by atoms with van der Waals surface area (Å²) < 4.78 is 33.2. The predicted octanol–water partition coefficient (Wildman–Crippen LogP) is 3.46. The van der Waals surface area contributed by atoms with Gasteiger partial charge in [0.2, 0.25) is 0 Å². The number of hydrogen-bond acceptors (Lipinski definition) is 3. The highest BCUT2D eigenvalue weighted by atomic mass is 32.2. The molecule has 3 rings (SSSR count). The number of fused-ring (bicyclic) bond motifs is 1. The van der Waals surface area contributed by atoms with Gasteiger partial charge in [-0.15, -0.1) is 0 Å². The van der Waals surface area contributed by atoms with E-state index in [1.54, 1.807) is 48.5 Å². The van der Waals surface area contributed by atoms with Gasteiger partial charge in [-0.25, -0.2) is 0 Å². The maximum Gasteiger partial charge on any atom is 0.295 e. The molecular formula is C16H12O4S. The van der Waals surface area contributed by atoms with E-state index in [4.69, 9.17) is 0 Å². The van der Waals surface area contributed by atoms with Crippen LogP contribution in [0.4, 0.5) is 0 Å². The van der Waals surface area contributed by atoms with Crippen LogP contribution in [0.25, 0.3) is 21.9 Å². The summed E-state index contributed by atoms with van der Waals surface area (Å²) in [4.78, 5) is -0.119. The number of benzene rings is 3. The third-order valence-electron chi connectivity index (χ3n) is 3.32. The van der Waals surface area contributed by atoms with Crippen LogP contribution in [-0.2, 0) is 10.1 Å². The Morgan fingerprint density at radius 3 is 2.14 bits per heavy atom. The van der Waals surface area contributed by atoms with E-state index < -0.39 is 10.1 Å². The Balaban J connectivity index is 2.40. The van der Waals surface area contributed by atoms with Crippen molar-refractivity contribution in [3.8, 4) is 16.9 Å². The molecule has 0 unspecified atom stereocenters. The highest BCUT2D eigenvalue weighted by Crippen LogP contribution is 2.34. The first kappa shape index (κ1) is 13.6. The molecule has 0 aliphatic carbocycles. The average molecular weight is 300 g/mol. The molecule has 5 heteroatoms. The summed E-state index contributed by atoms with van der Waals surface area (Å²) in [5.41, 5.74) is 1.00. The summed E-state index contributed by atoms with van der Waals surface area (Å²) >= 11 is 0. The van der Waals surface area contributed by atoms with Gasteiger partial charge in [0.1, 0.15) is 10.6 Å². The van der Waals surface area contributed by atoms with Crippen molar-refractivity contribution >= 4 is 20.9 Å². The molecule has 0 aliphatic rings. The lowest BCUT2D eigenvalue weighted by Crippen LogP contribution is -2.02. The van der Waals surface area contributed by atoms with Crippen molar-refractivity contribution in [1.29, 1.82) is 0 Å². The van der Waals surface area contributed by atoms with E-state index in [1.165, 1.54) is 12.1 Å². The van der Waals surface area contributed by atoms with Gasteiger partial charge in [0.25, 0.3) is 10.1 Å². The maximum absolute atomic E-state index is 11.8. The largest absolute Gasteiger partial charge is 0.508 e. The van der Waals surface area contributed by atoms with Gasteiger partial charge in [0.05, 0.1) is 0 Å². The van der Waals surface area contributed by atoms with Crippen molar-refractivity contribution in [2.45, 2.75) is 4.90 Å². The topological polar surface area (TPSA) is 74.6 Å². The van der Waals surface area contributed by atoms with Crippen molar-refractivity contribution < 1.29 is 18.1 Å². The smallest absolute Gasteiger partial charge is 0.295 e. The minimum atomic E-state index is -4.38. The fourth-order valence-electron chi connectivity index (χ4n) is 2.39. The summed E-state index contributed by atoms with van der Waals surface area (Å²) in [5, 5.41) is 10.5. The zero-order valence-electron chi connectivity index (χ0n) is 10.9. The number of phenols is 1. The normalized spacial score (nSPS) is 11.7. The van der Waals surface area contributed by atoms with E-state index in [2.05, 4.69) is 0 Å². The summed E-state index contributed by atoms with van der Waals surface area (Å²) in [5.74, 6) is 0.0907. The van der Waals surface area contributed by atoms with Crippen LogP contribution in [0, 0.1) is 0 Å². The average Bonchev–Trinajstić information content (AvgIpc) is 2.46. The van der Waals surface area contributed by atoms with Crippen LogP contribution >= 0.6 is 0 Å². The summed E-state index contributed by atoms with van der Waals surface area (Å²) in [6.45, 7) is 0. The quantitative estimate of drug-likeness (QED) is 0.711. The zero-order chi connectivity index (χ0) is 15.0. The van der Waals surface area contributed by atoms with Gasteiger partial charge in [-0.1, -0.05) is 48.5 Å². The number of aromatic hydroxyl groups is 1. The summed E-state index contributed by atoms with van der Waals surface area (Å²) in [6.07, 6.45) is 0. The molecule has 0 bridgehead atoms. The molecule has 4 nitrogen and oxygen atoms in total. The SMILES string of the molecule is O=S(=O)(O)c1c(-c2ccc(O)cc2)ccc2ccccc12. The van der Waals surface area contributed by atoms with E-state index >= 15 is 0 Å².